The number of aromatic nitrogens is 3. The lowest BCUT2D eigenvalue weighted by molar-refractivity contribution is -0.384. The Morgan fingerprint density at radius 3 is 2.74 bits per heavy atom. The Morgan fingerprint density at radius 2 is 2.13 bits per heavy atom. The number of nitriles is 1. The summed E-state index contributed by atoms with van der Waals surface area (Å²) in [4.78, 5) is 15.6. The summed E-state index contributed by atoms with van der Waals surface area (Å²) in [6.45, 7) is 0. The summed E-state index contributed by atoms with van der Waals surface area (Å²) in [7, 11) is 0. The molecule has 2 aromatic heterocycles. The Balaban J connectivity index is 1.81. The van der Waals surface area contributed by atoms with E-state index in [9.17, 15) is 10.1 Å². The number of thioether (sulfide) groups is 1. The molecule has 1 aliphatic rings. The molecule has 0 aliphatic heterocycles. The molecule has 0 spiro atoms. The van der Waals surface area contributed by atoms with Crippen molar-refractivity contribution in [1.82, 2.24) is 14.6 Å². The number of nitro groups is 1. The zero-order valence-corrected chi connectivity index (χ0v) is 13.3. The SMILES string of the molecule is N#CSc1c(-c2ccc([N+](=O)[O-])cc2)nc2sc(C3CC3)nn12. The van der Waals surface area contributed by atoms with Crippen LogP contribution in [-0.2, 0) is 0 Å². The topological polar surface area (TPSA) is 97.1 Å². The molecule has 2 heterocycles. The van der Waals surface area contributed by atoms with Crippen molar-refractivity contribution < 1.29 is 4.92 Å². The van der Waals surface area contributed by atoms with E-state index < -0.39 is 4.92 Å². The molecule has 1 aromatic carbocycles. The molecule has 1 aliphatic carbocycles. The zero-order valence-electron chi connectivity index (χ0n) is 11.7. The van der Waals surface area contributed by atoms with Crippen molar-refractivity contribution in [2.75, 3.05) is 0 Å². The van der Waals surface area contributed by atoms with Gasteiger partial charge in [0.15, 0.2) is 0 Å². The van der Waals surface area contributed by atoms with Crippen LogP contribution < -0.4 is 0 Å². The van der Waals surface area contributed by atoms with Crippen molar-refractivity contribution in [2.45, 2.75) is 23.8 Å². The van der Waals surface area contributed by atoms with Crippen LogP contribution >= 0.6 is 23.1 Å². The predicted octanol–water partition coefficient (Wildman–Crippen LogP) is 3.82. The van der Waals surface area contributed by atoms with Crippen molar-refractivity contribution in [3.63, 3.8) is 0 Å². The number of thiocyanates is 1. The quantitative estimate of drug-likeness (QED) is 0.309. The minimum absolute atomic E-state index is 0.0263. The molecular weight excluding hydrogens is 334 g/mol. The Labute approximate surface area is 138 Å². The van der Waals surface area contributed by atoms with Crippen molar-refractivity contribution in [1.29, 1.82) is 5.26 Å². The molecule has 7 nitrogen and oxygen atoms in total. The normalized spacial score (nSPS) is 14.0. The summed E-state index contributed by atoms with van der Waals surface area (Å²) >= 11 is 2.55. The fraction of sp³-hybridized carbons (Fsp3) is 0.214. The average Bonchev–Trinajstić information content (AvgIpc) is 3.23. The molecule has 0 unspecified atom stereocenters. The Bertz CT molecular complexity index is 950. The largest absolute Gasteiger partial charge is 0.269 e. The van der Waals surface area contributed by atoms with Crippen LogP contribution in [-0.4, -0.2) is 19.5 Å². The molecule has 0 N–H and O–H groups in total. The number of non-ortho nitro benzene ring substituents is 1. The Hall–Kier alpha value is -2.44. The van der Waals surface area contributed by atoms with Gasteiger partial charge in [-0.3, -0.25) is 10.1 Å². The van der Waals surface area contributed by atoms with Crippen LogP contribution in [0.25, 0.3) is 16.2 Å². The number of fused-ring (bicyclic) bond motifs is 1. The highest BCUT2D eigenvalue weighted by Gasteiger charge is 2.29. The van der Waals surface area contributed by atoms with Gasteiger partial charge in [-0.25, -0.2) is 4.98 Å². The van der Waals surface area contributed by atoms with Crippen LogP contribution in [0.1, 0.15) is 23.8 Å². The van der Waals surface area contributed by atoms with Crippen LogP contribution in [0.4, 0.5) is 5.69 Å². The third-order valence-corrected chi connectivity index (χ3v) is 5.32. The monoisotopic (exact) mass is 343 g/mol. The van der Waals surface area contributed by atoms with E-state index in [2.05, 4.69) is 15.5 Å². The van der Waals surface area contributed by atoms with Gasteiger partial charge in [-0.2, -0.15) is 14.9 Å². The molecule has 1 fully saturated rings. The fourth-order valence-electron chi connectivity index (χ4n) is 2.30. The number of rotatable bonds is 4. The van der Waals surface area contributed by atoms with Crippen molar-refractivity contribution in [3.05, 3.63) is 39.4 Å². The van der Waals surface area contributed by atoms with E-state index in [1.165, 1.54) is 12.1 Å². The first kappa shape index (κ1) is 14.2. The van der Waals surface area contributed by atoms with Gasteiger partial charge in [0.25, 0.3) is 5.69 Å². The second-order valence-corrected chi connectivity index (χ2v) is 6.93. The minimum Gasteiger partial charge on any atom is -0.258 e. The maximum atomic E-state index is 10.8. The molecule has 0 amide bonds. The number of hydrogen-bond donors (Lipinski definition) is 0. The summed E-state index contributed by atoms with van der Waals surface area (Å²) in [5.41, 5.74) is 1.39. The molecule has 4 rings (SSSR count). The summed E-state index contributed by atoms with van der Waals surface area (Å²) in [6, 6.07) is 6.17. The van der Waals surface area contributed by atoms with Gasteiger partial charge in [0.05, 0.1) is 4.92 Å². The first-order valence-corrected chi connectivity index (χ1v) is 8.51. The third-order valence-electron chi connectivity index (χ3n) is 3.60. The lowest BCUT2D eigenvalue weighted by Crippen LogP contribution is -1.90. The van der Waals surface area contributed by atoms with Gasteiger partial charge in [-0.1, -0.05) is 11.3 Å². The van der Waals surface area contributed by atoms with Crippen molar-refractivity contribution in [3.8, 4) is 16.7 Å². The number of benzene rings is 1. The van der Waals surface area contributed by atoms with E-state index in [-0.39, 0.29) is 5.69 Å². The zero-order chi connectivity index (χ0) is 16.0. The second-order valence-electron chi connectivity index (χ2n) is 5.17. The molecule has 0 radical (unpaired) electrons. The first-order valence-electron chi connectivity index (χ1n) is 6.87. The molecule has 0 bridgehead atoms. The maximum absolute atomic E-state index is 10.8. The van der Waals surface area contributed by atoms with E-state index >= 15 is 0 Å². The summed E-state index contributed by atoms with van der Waals surface area (Å²) in [6.07, 6.45) is 2.32. The van der Waals surface area contributed by atoms with Crippen LogP contribution in [0.3, 0.4) is 0 Å². The first-order chi connectivity index (χ1) is 11.2. The number of imidazole rings is 1. The highest BCUT2D eigenvalue weighted by molar-refractivity contribution is 8.03. The summed E-state index contributed by atoms with van der Waals surface area (Å²) in [5, 5.41) is 28.2. The lowest BCUT2D eigenvalue weighted by atomic mass is 10.1. The van der Waals surface area contributed by atoms with Crippen LogP contribution in [0, 0.1) is 20.8 Å². The van der Waals surface area contributed by atoms with Gasteiger partial charge < -0.3 is 0 Å². The molecule has 1 saturated carbocycles. The van der Waals surface area contributed by atoms with E-state index in [0.717, 1.165) is 40.1 Å². The predicted molar refractivity (Wildman–Crippen MR) is 86.4 cm³/mol. The van der Waals surface area contributed by atoms with Crippen LogP contribution in [0.2, 0.25) is 0 Å². The van der Waals surface area contributed by atoms with E-state index in [1.54, 1.807) is 28.0 Å². The summed E-state index contributed by atoms with van der Waals surface area (Å²) < 4.78 is 1.71. The van der Waals surface area contributed by atoms with Crippen molar-refractivity contribution in [2.24, 2.45) is 0 Å². The van der Waals surface area contributed by atoms with Crippen LogP contribution in [0.15, 0.2) is 29.3 Å². The molecule has 0 saturated heterocycles. The van der Waals surface area contributed by atoms with E-state index in [0.29, 0.717) is 16.6 Å². The molecule has 9 heteroatoms. The highest BCUT2D eigenvalue weighted by atomic mass is 32.2. The Morgan fingerprint density at radius 1 is 1.39 bits per heavy atom. The van der Waals surface area contributed by atoms with Gasteiger partial charge in [0, 0.05) is 35.4 Å². The molecule has 0 atom stereocenters. The van der Waals surface area contributed by atoms with Gasteiger partial charge in [-0.15, -0.1) is 0 Å². The van der Waals surface area contributed by atoms with Gasteiger partial charge >= 0.3 is 0 Å². The van der Waals surface area contributed by atoms with Crippen LogP contribution in [0.5, 0.6) is 0 Å². The second kappa shape index (κ2) is 5.33. The number of nitro benzene ring substituents is 1. The molecule has 3 aromatic rings. The third kappa shape index (κ3) is 2.46. The lowest BCUT2D eigenvalue weighted by Gasteiger charge is -1.99. The standard InChI is InChI=1S/C14H9N5O2S2/c15-7-22-13-11(8-3-5-10(6-4-8)19(20)21)16-14-18(13)17-12(23-14)9-1-2-9/h3-6,9H,1-2H2. The molecular formula is C14H9N5O2S2. The Kier molecular flexibility index (Phi) is 3.28. The van der Waals surface area contributed by atoms with Crippen molar-refractivity contribution >= 4 is 33.7 Å². The minimum atomic E-state index is -0.441. The maximum Gasteiger partial charge on any atom is 0.269 e. The summed E-state index contributed by atoms with van der Waals surface area (Å²) in [5.74, 6) is 0.532. The molecule has 114 valence electrons. The van der Waals surface area contributed by atoms with E-state index in [1.807, 2.05) is 0 Å². The van der Waals surface area contributed by atoms with Gasteiger partial charge in [0.2, 0.25) is 4.96 Å². The fourth-order valence-corrected chi connectivity index (χ4v) is 3.99. The highest BCUT2D eigenvalue weighted by Crippen LogP contribution is 2.43. The average molecular weight is 343 g/mol. The number of hydrogen-bond acceptors (Lipinski definition) is 7. The smallest absolute Gasteiger partial charge is 0.258 e. The van der Waals surface area contributed by atoms with Gasteiger partial charge in [0.1, 0.15) is 21.1 Å². The number of nitrogens with zero attached hydrogens (tertiary/aromatic N) is 5. The van der Waals surface area contributed by atoms with E-state index in [4.69, 9.17) is 5.26 Å². The van der Waals surface area contributed by atoms with Gasteiger partial charge in [-0.05, 0) is 25.0 Å². The molecule has 23 heavy (non-hydrogen) atoms.